The van der Waals surface area contributed by atoms with Gasteiger partial charge < -0.3 is 15.4 Å². The molecule has 0 aliphatic heterocycles. The maximum atomic E-state index is 11.7. The van der Waals surface area contributed by atoms with E-state index in [1.807, 2.05) is 0 Å². The van der Waals surface area contributed by atoms with E-state index >= 15 is 0 Å². The van der Waals surface area contributed by atoms with Crippen molar-refractivity contribution in [3.8, 4) is 0 Å². The van der Waals surface area contributed by atoms with Crippen molar-refractivity contribution in [3.05, 3.63) is 0 Å². The molecule has 1 aliphatic rings. The lowest BCUT2D eigenvalue weighted by Gasteiger charge is -2.29. The molecule has 116 valence electrons. The van der Waals surface area contributed by atoms with E-state index in [1.165, 1.54) is 0 Å². The van der Waals surface area contributed by atoms with Gasteiger partial charge in [-0.15, -0.1) is 0 Å². The number of amides is 2. The van der Waals surface area contributed by atoms with Gasteiger partial charge >= 0.3 is 0 Å². The predicted octanol–water partition coefficient (Wildman–Crippen LogP) is 1.76. The van der Waals surface area contributed by atoms with E-state index in [-0.39, 0.29) is 30.5 Å². The number of ether oxygens (including phenoxy) is 1. The lowest BCUT2D eigenvalue weighted by molar-refractivity contribution is -0.127. The monoisotopic (exact) mass is 284 g/mol. The third kappa shape index (κ3) is 7.48. The van der Waals surface area contributed by atoms with Gasteiger partial charge in [-0.05, 0) is 32.1 Å². The second-order valence-corrected chi connectivity index (χ2v) is 5.58. The van der Waals surface area contributed by atoms with Crippen LogP contribution in [-0.2, 0) is 14.3 Å². The molecule has 0 aromatic heterocycles. The summed E-state index contributed by atoms with van der Waals surface area (Å²) in [6.07, 6.45) is 7.04. The minimum atomic E-state index is -0.0236. The zero-order valence-electron chi connectivity index (χ0n) is 12.7. The van der Waals surface area contributed by atoms with E-state index in [4.69, 9.17) is 4.74 Å². The predicted molar refractivity (Wildman–Crippen MR) is 78.3 cm³/mol. The van der Waals surface area contributed by atoms with Crippen LogP contribution in [0, 0.1) is 0 Å². The van der Waals surface area contributed by atoms with Gasteiger partial charge in [-0.3, -0.25) is 9.59 Å². The quantitative estimate of drug-likeness (QED) is 0.667. The molecule has 2 N–H and O–H groups in total. The Kier molecular flexibility index (Phi) is 8.26. The van der Waals surface area contributed by atoms with E-state index in [1.54, 1.807) is 6.92 Å². The van der Waals surface area contributed by atoms with Gasteiger partial charge in [0.05, 0.1) is 0 Å². The van der Waals surface area contributed by atoms with Crippen molar-refractivity contribution in [2.45, 2.75) is 70.9 Å². The summed E-state index contributed by atoms with van der Waals surface area (Å²) in [7, 11) is 0. The van der Waals surface area contributed by atoms with Gasteiger partial charge in [0.2, 0.25) is 11.8 Å². The summed E-state index contributed by atoms with van der Waals surface area (Å²) in [6.45, 7) is 4.51. The number of unbranched alkanes of at least 4 members (excludes halogenated alkanes) is 2. The lowest BCUT2D eigenvalue weighted by atomic mass is 9.91. The third-order valence-corrected chi connectivity index (χ3v) is 3.63. The van der Waals surface area contributed by atoms with Gasteiger partial charge in [-0.1, -0.05) is 19.8 Å². The highest BCUT2D eigenvalue weighted by Gasteiger charge is 2.22. The first-order valence-electron chi connectivity index (χ1n) is 7.76. The van der Waals surface area contributed by atoms with E-state index in [0.717, 1.165) is 44.9 Å². The molecule has 1 aliphatic carbocycles. The van der Waals surface area contributed by atoms with Gasteiger partial charge in [-0.2, -0.15) is 0 Å². The standard InChI is InChI=1S/C15H28N2O3/c1-3-4-5-10-20-11-15(19)17-14-8-6-13(7-9-14)16-12(2)18/h13-14H,3-11H2,1-2H3,(H,16,18)(H,17,19). The summed E-state index contributed by atoms with van der Waals surface area (Å²) < 4.78 is 5.34. The Morgan fingerprint density at radius 3 is 2.20 bits per heavy atom. The lowest BCUT2D eigenvalue weighted by Crippen LogP contribution is -2.44. The van der Waals surface area contributed by atoms with Crippen LogP contribution in [0.4, 0.5) is 0 Å². The molecule has 0 aromatic carbocycles. The van der Waals surface area contributed by atoms with Crippen LogP contribution < -0.4 is 10.6 Å². The van der Waals surface area contributed by atoms with Crippen molar-refractivity contribution in [2.24, 2.45) is 0 Å². The topological polar surface area (TPSA) is 67.4 Å². The van der Waals surface area contributed by atoms with Gasteiger partial charge in [-0.25, -0.2) is 0 Å². The molecule has 0 spiro atoms. The zero-order chi connectivity index (χ0) is 14.8. The highest BCUT2D eigenvalue weighted by atomic mass is 16.5. The molecule has 20 heavy (non-hydrogen) atoms. The first kappa shape index (κ1) is 17.0. The van der Waals surface area contributed by atoms with Crippen LogP contribution in [0.25, 0.3) is 0 Å². The summed E-state index contributed by atoms with van der Waals surface area (Å²) in [5, 5.41) is 5.94. The number of hydrogen-bond donors (Lipinski definition) is 2. The van der Waals surface area contributed by atoms with E-state index in [0.29, 0.717) is 6.61 Å². The molecule has 0 bridgehead atoms. The molecule has 0 saturated heterocycles. The average molecular weight is 284 g/mol. The smallest absolute Gasteiger partial charge is 0.246 e. The van der Waals surface area contributed by atoms with Gasteiger partial charge in [0.1, 0.15) is 6.61 Å². The summed E-state index contributed by atoms with van der Waals surface area (Å²) in [4.78, 5) is 22.7. The fourth-order valence-corrected chi connectivity index (χ4v) is 2.56. The first-order chi connectivity index (χ1) is 9.61. The molecular formula is C15H28N2O3. The third-order valence-electron chi connectivity index (χ3n) is 3.63. The highest BCUT2D eigenvalue weighted by molar-refractivity contribution is 5.77. The molecule has 1 fully saturated rings. The molecule has 5 heteroatoms. The SMILES string of the molecule is CCCCCOCC(=O)NC1CCC(NC(C)=O)CC1. The zero-order valence-corrected chi connectivity index (χ0v) is 12.7. The van der Waals surface area contributed by atoms with E-state index in [2.05, 4.69) is 17.6 Å². The second-order valence-electron chi connectivity index (χ2n) is 5.58. The van der Waals surface area contributed by atoms with Crippen LogP contribution in [0.3, 0.4) is 0 Å². The molecular weight excluding hydrogens is 256 g/mol. The number of rotatable bonds is 8. The van der Waals surface area contributed by atoms with Crippen molar-refractivity contribution < 1.29 is 14.3 Å². The highest BCUT2D eigenvalue weighted by Crippen LogP contribution is 2.18. The summed E-state index contributed by atoms with van der Waals surface area (Å²) in [5.41, 5.74) is 0. The molecule has 1 rings (SSSR count). The fraction of sp³-hybridized carbons (Fsp3) is 0.867. The Morgan fingerprint density at radius 1 is 1.05 bits per heavy atom. The van der Waals surface area contributed by atoms with E-state index < -0.39 is 0 Å². The van der Waals surface area contributed by atoms with Crippen LogP contribution in [0.1, 0.15) is 58.8 Å². The Balaban J connectivity index is 2.07. The van der Waals surface area contributed by atoms with Crippen molar-refractivity contribution >= 4 is 11.8 Å². The minimum Gasteiger partial charge on any atom is -0.372 e. The molecule has 1 saturated carbocycles. The molecule has 0 radical (unpaired) electrons. The van der Waals surface area contributed by atoms with Crippen LogP contribution in [0.15, 0.2) is 0 Å². The van der Waals surface area contributed by atoms with Crippen LogP contribution in [0.2, 0.25) is 0 Å². The van der Waals surface area contributed by atoms with Crippen LogP contribution >= 0.6 is 0 Å². The summed E-state index contributed by atoms with van der Waals surface area (Å²) in [5.74, 6) is 0.00226. The van der Waals surface area contributed by atoms with Gasteiger partial charge in [0, 0.05) is 25.6 Å². The maximum absolute atomic E-state index is 11.7. The largest absolute Gasteiger partial charge is 0.372 e. The van der Waals surface area contributed by atoms with Crippen molar-refractivity contribution in [1.82, 2.24) is 10.6 Å². The molecule has 0 unspecified atom stereocenters. The average Bonchev–Trinajstić information content (AvgIpc) is 2.40. The molecule has 0 aromatic rings. The normalized spacial score (nSPS) is 22.3. The molecule has 5 nitrogen and oxygen atoms in total. The number of hydrogen-bond acceptors (Lipinski definition) is 3. The Morgan fingerprint density at radius 2 is 1.65 bits per heavy atom. The van der Waals surface area contributed by atoms with Crippen LogP contribution in [-0.4, -0.2) is 37.1 Å². The van der Waals surface area contributed by atoms with E-state index in [9.17, 15) is 9.59 Å². The van der Waals surface area contributed by atoms with Gasteiger partial charge in [0.25, 0.3) is 0 Å². The molecule has 2 amide bonds. The Bertz CT molecular complexity index is 299. The number of nitrogens with one attached hydrogen (secondary N) is 2. The van der Waals surface area contributed by atoms with Gasteiger partial charge in [0.15, 0.2) is 0 Å². The number of carbonyl (C=O) groups is 2. The number of carbonyl (C=O) groups excluding carboxylic acids is 2. The minimum absolute atomic E-state index is 0.0236. The van der Waals surface area contributed by atoms with Crippen molar-refractivity contribution in [2.75, 3.05) is 13.2 Å². The fourth-order valence-electron chi connectivity index (χ4n) is 2.56. The first-order valence-corrected chi connectivity index (χ1v) is 7.76. The Labute approximate surface area is 121 Å². The van der Waals surface area contributed by atoms with Crippen LogP contribution in [0.5, 0.6) is 0 Å². The Hall–Kier alpha value is -1.10. The second kappa shape index (κ2) is 9.75. The summed E-state index contributed by atoms with van der Waals surface area (Å²) in [6, 6.07) is 0.498. The summed E-state index contributed by atoms with van der Waals surface area (Å²) >= 11 is 0. The van der Waals surface area contributed by atoms with Crippen molar-refractivity contribution in [3.63, 3.8) is 0 Å². The maximum Gasteiger partial charge on any atom is 0.246 e. The molecule has 0 heterocycles. The molecule has 0 atom stereocenters. The van der Waals surface area contributed by atoms with Crippen molar-refractivity contribution in [1.29, 1.82) is 0 Å².